The van der Waals surface area contributed by atoms with Gasteiger partial charge in [0.25, 0.3) is 0 Å². The van der Waals surface area contributed by atoms with Gasteiger partial charge in [0, 0.05) is 24.5 Å². The van der Waals surface area contributed by atoms with Crippen LogP contribution < -0.4 is 0 Å². The zero-order valence-corrected chi connectivity index (χ0v) is 9.55. The van der Waals surface area contributed by atoms with Crippen LogP contribution in [0.2, 0.25) is 0 Å². The molecule has 0 aliphatic carbocycles. The van der Waals surface area contributed by atoms with E-state index in [0.29, 0.717) is 6.04 Å². The van der Waals surface area contributed by atoms with Crippen molar-refractivity contribution in [3.8, 4) is 0 Å². The first-order chi connectivity index (χ1) is 7.93. The Morgan fingerprint density at radius 1 is 1.31 bits per heavy atom. The van der Waals surface area contributed by atoms with Crippen LogP contribution in [0.1, 0.15) is 31.2 Å². The fourth-order valence-corrected chi connectivity index (χ4v) is 3.04. The molecule has 0 bridgehead atoms. The summed E-state index contributed by atoms with van der Waals surface area (Å²) in [5.41, 5.74) is 1.21. The van der Waals surface area contributed by atoms with E-state index in [-0.39, 0.29) is 0 Å². The monoisotopic (exact) mass is 214 g/mol. The van der Waals surface area contributed by atoms with Crippen LogP contribution in [0.5, 0.6) is 0 Å². The second-order valence-corrected chi connectivity index (χ2v) is 4.82. The molecule has 1 aromatic heterocycles. The predicted octanol–water partition coefficient (Wildman–Crippen LogP) is 2.72. The molecule has 84 valence electrons. The number of hydrogen-bond donors (Lipinski definition) is 0. The number of nitrogens with zero attached hydrogens (tertiary/aromatic N) is 2. The van der Waals surface area contributed by atoms with Crippen LogP contribution >= 0.6 is 0 Å². The van der Waals surface area contributed by atoms with Gasteiger partial charge in [-0.25, -0.2) is 0 Å². The third-order valence-corrected chi connectivity index (χ3v) is 3.84. The molecule has 2 aliphatic heterocycles. The Morgan fingerprint density at radius 3 is 3.19 bits per heavy atom. The van der Waals surface area contributed by atoms with Gasteiger partial charge in [0.2, 0.25) is 0 Å². The van der Waals surface area contributed by atoms with E-state index in [4.69, 9.17) is 0 Å². The van der Waals surface area contributed by atoms with Gasteiger partial charge in [-0.15, -0.1) is 0 Å². The van der Waals surface area contributed by atoms with Gasteiger partial charge in [0.05, 0.1) is 0 Å². The summed E-state index contributed by atoms with van der Waals surface area (Å²) in [6.45, 7) is 1.30. The summed E-state index contributed by atoms with van der Waals surface area (Å²) >= 11 is 0. The van der Waals surface area contributed by atoms with Crippen molar-refractivity contribution in [2.75, 3.05) is 6.54 Å². The first kappa shape index (κ1) is 10.0. The summed E-state index contributed by atoms with van der Waals surface area (Å²) in [6.07, 6.45) is 13.9. The van der Waals surface area contributed by atoms with Gasteiger partial charge in [-0.05, 0) is 43.9 Å². The Morgan fingerprint density at radius 2 is 2.31 bits per heavy atom. The number of pyridine rings is 1. The van der Waals surface area contributed by atoms with Crippen LogP contribution in [0.25, 0.3) is 6.08 Å². The average Bonchev–Trinajstić information content (AvgIpc) is 2.90. The molecule has 1 aromatic rings. The Kier molecular flexibility index (Phi) is 2.75. The largest absolute Gasteiger partial charge is 0.294 e. The first-order valence-corrected chi connectivity index (χ1v) is 6.27. The van der Waals surface area contributed by atoms with E-state index in [0.717, 1.165) is 6.04 Å². The Labute approximate surface area is 97.0 Å². The van der Waals surface area contributed by atoms with Crippen LogP contribution in [-0.2, 0) is 0 Å². The first-order valence-electron chi connectivity index (χ1n) is 6.27. The Balaban J connectivity index is 1.69. The molecule has 2 saturated heterocycles. The summed E-state index contributed by atoms with van der Waals surface area (Å²) in [4.78, 5) is 6.81. The van der Waals surface area contributed by atoms with E-state index in [9.17, 15) is 0 Å². The highest BCUT2D eigenvalue weighted by molar-refractivity contribution is 5.48. The van der Waals surface area contributed by atoms with E-state index in [1.54, 1.807) is 0 Å². The van der Waals surface area contributed by atoms with Crippen molar-refractivity contribution in [2.45, 2.75) is 37.8 Å². The summed E-state index contributed by atoms with van der Waals surface area (Å²) in [5, 5.41) is 0. The van der Waals surface area contributed by atoms with Crippen molar-refractivity contribution >= 4 is 6.08 Å². The molecule has 0 saturated carbocycles. The molecule has 2 unspecified atom stereocenters. The lowest BCUT2D eigenvalue weighted by molar-refractivity contribution is 0.280. The fraction of sp³-hybridized carbons (Fsp3) is 0.500. The van der Waals surface area contributed by atoms with Crippen molar-refractivity contribution in [3.05, 3.63) is 36.2 Å². The summed E-state index contributed by atoms with van der Waals surface area (Å²) in [5.74, 6) is 0. The molecule has 2 nitrogen and oxygen atoms in total. The van der Waals surface area contributed by atoms with E-state index < -0.39 is 0 Å². The summed E-state index contributed by atoms with van der Waals surface area (Å²) < 4.78 is 0. The Hall–Kier alpha value is -1.15. The van der Waals surface area contributed by atoms with Crippen LogP contribution in [0, 0.1) is 0 Å². The highest BCUT2D eigenvalue weighted by Gasteiger charge is 2.34. The molecule has 3 heterocycles. The van der Waals surface area contributed by atoms with Gasteiger partial charge in [-0.3, -0.25) is 9.88 Å². The molecule has 3 rings (SSSR count). The van der Waals surface area contributed by atoms with E-state index in [2.05, 4.69) is 28.1 Å². The molecule has 2 fully saturated rings. The third-order valence-electron chi connectivity index (χ3n) is 3.84. The molecule has 2 heteroatoms. The van der Waals surface area contributed by atoms with Crippen LogP contribution in [-0.4, -0.2) is 28.5 Å². The maximum absolute atomic E-state index is 4.13. The van der Waals surface area contributed by atoms with Gasteiger partial charge in [-0.2, -0.15) is 0 Å². The Bertz CT molecular complexity index is 372. The van der Waals surface area contributed by atoms with Crippen molar-refractivity contribution in [2.24, 2.45) is 0 Å². The van der Waals surface area contributed by atoms with E-state index >= 15 is 0 Å². The zero-order chi connectivity index (χ0) is 10.8. The number of hydrogen-bond acceptors (Lipinski definition) is 2. The molecule has 0 amide bonds. The maximum Gasteiger partial charge on any atom is 0.0340 e. The molecule has 2 atom stereocenters. The molecule has 0 spiro atoms. The average molecular weight is 214 g/mol. The van der Waals surface area contributed by atoms with Gasteiger partial charge in [0.1, 0.15) is 0 Å². The number of fused-ring (bicyclic) bond motifs is 1. The molecule has 0 N–H and O–H groups in total. The standard InChI is InChI=1S/C14H18N2/c1-3-12(11-15-9-1)5-6-14-8-7-13-4-2-10-16(13)14/h1,3,5-6,9,11,13-14H,2,4,7-8,10H2/b6-5+. The minimum atomic E-state index is 0.674. The molecule has 0 aromatic carbocycles. The summed E-state index contributed by atoms with van der Waals surface area (Å²) in [7, 11) is 0. The van der Waals surface area contributed by atoms with Crippen molar-refractivity contribution < 1.29 is 0 Å². The van der Waals surface area contributed by atoms with Gasteiger partial charge < -0.3 is 0 Å². The lowest BCUT2D eigenvalue weighted by Gasteiger charge is -2.20. The third kappa shape index (κ3) is 1.90. The van der Waals surface area contributed by atoms with Crippen molar-refractivity contribution in [1.82, 2.24) is 9.88 Å². The molecule has 0 radical (unpaired) electrons. The van der Waals surface area contributed by atoms with Crippen molar-refractivity contribution in [3.63, 3.8) is 0 Å². The second-order valence-electron chi connectivity index (χ2n) is 4.82. The minimum absolute atomic E-state index is 0.674. The van der Waals surface area contributed by atoms with Crippen LogP contribution in [0.15, 0.2) is 30.6 Å². The molecular formula is C14H18N2. The fourth-order valence-electron chi connectivity index (χ4n) is 3.04. The van der Waals surface area contributed by atoms with E-state index in [1.807, 2.05) is 18.5 Å². The van der Waals surface area contributed by atoms with Gasteiger partial charge in [-0.1, -0.05) is 18.2 Å². The highest BCUT2D eigenvalue weighted by Crippen LogP contribution is 2.33. The SMILES string of the molecule is C(=C\C1CCC2CCCN12)/c1cccnc1. The normalized spacial score (nSPS) is 30.0. The smallest absolute Gasteiger partial charge is 0.0340 e. The lowest BCUT2D eigenvalue weighted by atomic mass is 10.1. The van der Waals surface area contributed by atoms with Gasteiger partial charge >= 0.3 is 0 Å². The van der Waals surface area contributed by atoms with Crippen LogP contribution in [0.4, 0.5) is 0 Å². The molecule has 16 heavy (non-hydrogen) atoms. The zero-order valence-electron chi connectivity index (χ0n) is 9.55. The number of aromatic nitrogens is 1. The van der Waals surface area contributed by atoms with E-state index in [1.165, 1.54) is 37.8 Å². The topological polar surface area (TPSA) is 16.1 Å². The minimum Gasteiger partial charge on any atom is -0.294 e. The second kappa shape index (κ2) is 4.38. The quantitative estimate of drug-likeness (QED) is 0.752. The number of rotatable bonds is 2. The summed E-state index contributed by atoms with van der Waals surface area (Å²) in [6, 6.07) is 5.66. The lowest BCUT2D eigenvalue weighted by Crippen LogP contribution is -2.29. The van der Waals surface area contributed by atoms with Crippen molar-refractivity contribution in [1.29, 1.82) is 0 Å². The highest BCUT2D eigenvalue weighted by atomic mass is 15.2. The van der Waals surface area contributed by atoms with Crippen LogP contribution in [0.3, 0.4) is 0 Å². The molecular weight excluding hydrogens is 196 g/mol. The maximum atomic E-state index is 4.13. The predicted molar refractivity (Wildman–Crippen MR) is 66.0 cm³/mol. The van der Waals surface area contributed by atoms with Gasteiger partial charge in [0.15, 0.2) is 0 Å². The molecule has 2 aliphatic rings.